The van der Waals surface area contributed by atoms with Crippen molar-refractivity contribution in [1.29, 1.82) is 0 Å². The van der Waals surface area contributed by atoms with E-state index < -0.39 is 0 Å². The summed E-state index contributed by atoms with van der Waals surface area (Å²) in [6, 6.07) is 5.79. The number of rotatable bonds is 5. The van der Waals surface area contributed by atoms with Crippen molar-refractivity contribution in [2.24, 2.45) is 17.8 Å². The van der Waals surface area contributed by atoms with Gasteiger partial charge in [-0.05, 0) is 74.9 Å². The summed E-state index contributed by atoms with van der Waals surface area (Å²) >= 11 is 0. The molecule has 0 aromatic heterocycles. The van der Waals surface area contributed by atoms with Crippen LogP contribution in [0.15, 0.2) is 24.3 Å². The van der Waals surface area contributed by atoms with Gasteiger partial charge in [0.1, 0.15) is 5.82 Å². The van der Waals surface area contributed by atoms with Gasteiger partial charge in [-0.2, -0.15) is 0 Å². The van der Waals surface area contributed by atoms with E-state index in [4.69, 9.17) is 0 Å². The number of carbonyl (C=O) groups is 2. The van der Waals surface area contributed by atoms with Gasteiger partial charge in [0, 0.05) is 31.1 Å². The van der Waals surface area contributed by atoms with Gasteiger partial charge in [-0.25, -0.2) is 4.39 Å². The Morgan fingerprint density at radius 3 is 2.50 bits per heavy atom. The molecule has 0 spiro atoms. The first kappa shape index (κ1) is 22.6. The average molecular weight is 412 g/mol. The largest absolute Gasteiger partial charge is 0.343 e. The number of nitrogens with one attached hydrogen (secondary N) is 2. The normalized spacial score (nSPS) is 21.5. The number of halogens is 2. The molecule has 156 valence electrons. The molecule has 2 aliphatic heterocycles. The molecule has 2 atom stereocenters. The van der Waals surface area contributed by atoms with Crippen LogP contribution < -0.4 is 10.6 Å². The first-order chi connectivity index (χ1) is 13.0. The zero-order chi connectivity index (χ0) is 19.2. The molecule has 2 fully saturated rings. The molecule has 0 saturated carbocycles. The van der Waals surface area contributed by atoms with Crippen LogP contribution in [-0.2, 0) is 9.59 Å². The van der Waals surface area contributed by atoms with Gasteiger partial charge in [-0.1, -0.05) is 6.92 Å². The lowest BCUT2D eigenvalue weighted by molar-refractivity contribution is -0.135. The second kappa shape index (κ2) is 10.8. The molecule has 5 nitrogen and oxygen atoms in total. The number of anilines is 1. The van der Waals surface area contributed by atoms with E-state index in [9.17, 15) is 14.0 Å². The molecule has 3 rings (SSSR count). The number of carbonyl (C=O) groups excluding carboxylic acids is 2. The maximum absolute atomic E-state index is 13.0. The standard InChI is InChI=1S/C21H30FN3O2.ClH/c1-15(17-3-2-10-23-14-17)13-20(26)25-11-8-16(9-12-25)21(27)24-19-6-4-18(22)5-7-19;/h4-7,15-17,23H,2-3,8-14H2,1H3,(H,24,27);1H. The van der Waals surface area contributed by atoms with Crippen molar-refractivity contribution >= 4 is 29.9 Å². The highest BCUT2D eigenvalue weighted by Gasteiger charge is 2.29. The van der Waals surface area contributed by atoms with Crippen LogP contribution in [0, 0.1) is 23.6 Å². The Bertz CT molecular complexity index is 642. The molecule has 2 N–H and O–H groups in total. The second-order valence-corrected chi connectivity index (χ2v) is 7.94. The van der Waals surface area contributed by atoms with Gasteiger partial charge in [-0.15, -0.1) is 12.4 Å². The predicted octanol–water partition coefficient (Wildman–Crippen LogP) is 3.45. The summed E-state index contributed by atoms with van der Waals surface area (Å²) in [6.07, 6.45) is 4.35. The second-order valence-electron chi connectivity index (χ2n) is 7.94. The highest BCUT2D eigenvalue weighted by molar-refractivity contribution is 5.92. The number of nitrogens with zero attached hydrogens (tertiary/aromatic N) is 1. The molecule has 2 amide bonds. The highest BCUT2D eigenvalue weighted by atomic mass is 35.5. The van der Waals surface area contributed by atoms with E-state index in [2.05, 4.69) is 17.6 Å². The quantitative estimate of drug-likeness (QED) is 0.780. The number of hydrogen-bond acceptors (Lipinski definition) is 3. The lowest BCUT2D eigenvalue weighted by atomic mass is 9.85. The summed E-state index contributed by atoms with van der Waals surface area (Å²) in [7, 11) is 0. The van der Waals surface area contributed by atoms with Gasteiger partial charge in [0.15, 0.2) is 0 Å². The zero-order valence-electron chi connectivity index (χ0n) is 16.5. The zero-order valence-corrected chi connectivity index (χ0v) is 17.3. The Labute approximate surface area is 172 Å². The first-order valence-electron chi connectivity index (χ1n) is 10.1. The van der Waals surface area contributed by atoms with E-state index in [1.807, 2.05) is 4.90 Å². The lowest BCUT2D eigenvalue weighted by Crippen LogP contribution is -2.43. The number of amides is 2. The van der Waals surface area contributed by atoms with Crippen molar-refractivity contribution in [2.45, 2.75) is 39.0 Å². The fourth-order valence-corrected chi connectivity index (χ4v) is 4.10. The number of piperidine rings is 2. The fourth-order valence-electron chi connectivity index (χ4n) is 4.10. The molecular weight excluding hydrogens is 381 g/mol. The maximum Gasteiger partial charge on any atom is 0.227 e. The fraction of sp³-hybridized carbons (Fsp3) is 0.619. The summed E-state index contributed by atoms with van der Waals surface area (Å²) < 4.78 is 13.0. The third kappa shape index (κ3) is 6.17. The lowest BCUT2D eigenvalue weighted by Gasteiger charge is -2.34. The molecular formula is C21H31ClFN3O2. The van der Waals surface area contributed by atoms with Crippen LogP contribution in [0.25, 0.3) is 0 Å². The Hall–Kier alpha value is -1.66. The summed E-state index contributed by atoms with van der Waals surface area (Å²) in [6.45, 7) is 5.55. The summed E-state index contributed by atoms with van der Waals surface area (Å²) in [5, 5.41) is 6.26. The van der Waals surface area contributed by atoms with Gasteiger partial charge in [-0.3, -0.25) is 9.59 Å². The molecule has 2 heterocycles. The average Bonchev–Trinajstić information content (AvgIpc) is 2.70. The Balaban J connectivity index is 0.00000280. The van der Waals surface area contributed by atoms with Gasteiger partial charge >= 0.3 is 0 Å². The molecule has 2 aliphatic rings. The van der Waals surface area contributed by atoms with Crippen LogP contribution >= 0.6 is 12.4 Å². The van der Waals surface area contributed by atoms with Gasteiger partial charge in [0.2, 0.25) is 11.8 Å². The van der Waals surface area contributed by atoms with Crippen molar-refractivity contribution in [3.8, 4) is 0 Å². The van der Waals surface area contributed by atoms with E-state index in [-0.39, 0.29) is 36.0 Å². The summed E-state index contributed by atoms with van der Waals surface area (Å²) in [4.78, 5) is 26.9. The van der Waals surface area contributed by atoms with Crippen LogP contribution in [0.3, 0.4) is 0 Å². The molecule has 7 heteroatoms. The Morgan fingerprint density at radius 2 is 1.89 bits per heavy atom. The van der Waals surface area contributed by atoms with E-state index >= 15 is 0 Å². The SMILES string of the molecule is CC(CC(=O)N1CCC(C(=O)Nc2ccc(F)cc2)CC1)C1CCCNC1.Cl. The molecule has 1 aromatic carbocycles. The van der Waals surface area contributed by atoms with E-state index in [0.717, 1.165) is 13.1 Å². The number of hydrogen-bond donors (Lipinski definition) is 2. The van der Waals surface area contributed by atoms with E-state index in [1.54, 1.807) is 12.1 Å². The number of likely N-dealkylation sites (tertiary alicyclic amines) is 1. The molecule has 28 heavy (non-hydrogen) atoms. The van der Waals surface area contributed by atoms with Crippen molar-refractivity contribution in [3.05, 3.63) is 30.1 Å². The number of benzene rings is 1. The minimum atomic E-state index is -0.321. The minimum Gasteiger partial charge on any atom is -0.343 e. The van der Waals surface area contributed by atoms with Crippen LogP contribution in [-0.4, -0.2) is 42.9 Å². The monoisotopic (exact) mass is 411 g/mol. The molecule has 1 aromatic rings. The van der Waals surface area contributed by atoms with Crippen LogP contribution in [0.2, 0.25) is 0 Å². The van der Waals surface area contributed by atoms with E-state index in [0.29, 0.717) is 49.9 Å². The van der Waals surface area contributed by atoms with Crippen molar-refractivity contribution < 1.29 is 14.0 Å². The minimum absolute atomic E-state index is 0. The van der Waals surface area contributed by atoms with Crippen molar-refractivity contribution in [3.63, 3.8) is 0 Å². The van der Waals surface area contributed by atoms with Gasteiger partial charge in [0.25, 0.3) is 0 Å². The van der Waals surface area contributed by atoms with Gasteiger partial charge in [0.05, 0.1) is 0 Å². The molecule has 0 radical (unpaired) electrons. The predicted molar refractivity (Wildman–Crippen MR) is 111 cm³/mol. The third-order valence-corrected chi connectivity index (χ3v) is 5.97. The molecule has 0 aliphatic carbocycles. The van der Waals surface area contributed by atoms with Crippen molar-refractivity contribution in [1.82, 2.24) is 10.2 Å². The highest BCUT2D eigenvalue weighted by Crippen LogP contribution is 2.25. The molecule has 0 bridgehead atoms. The third-order valence-electron chi connectivity index (χ3n) is 5.97. The molecule has 2 unspecified atom stereocenters. The Kier molecular flexibility index (Phi) is 8.70. The first-order valence-corrected chi connectivity index (χ1v) is 10.1. The summed E-state index contributed by atoms with van der Waals surface area (Å²) in [5.74, 6) is 0.726. The van der Waals surface area contributed by atoms with Crippen molar-refractivity contribution in [2.75, 3.05) is 31.5 Å². The van der Waals surface area contributed by atoms with E-state index in [1.165, 1.54) is 25.0 Å². The van der Waals surface area contributed by atoms with Crippen LogP contribution in [0.5, 0.6) is 0 Å². The Morgan fingerprint density at radius 1 is 1.21 bits per heavy atom. The van der Waals surface area contributed by atoms with Gasteiger partial charge < -0.3 is 15.5 Å². The summed E-state index contributed by atoms with van der Waals surface area (Å²) in [5.41, 5.74) is 0.606. The van der Waals surface area contributed by atoms with Crippen LogP contribution in [0.1, 0.15) is 39.0 Å². The molecule has 2 saturated heterocycles. The van der Waals surface area contributed by atoms with Crippen LogP contribution in [0.4, 0.5) is 10.1 Å². The topological polar surface area (TPSA) is 61.4 Å². The smallest absolute Gasteiger partial charge is 0.227 e. The maximum atomic E-state index is 13.0.